The number of aromatic hydroxyl groups is 1. The maximum atomic E-state index is 13.9. The Labute approximate surface area is 194 Å². The lowest BCUT2D eigenvalue weighted by molar-refractivity contribution is -0.142. The van der Waals surface area contributed by atoms with Crippen LogP contribution in [0.3, 0.4) is 0 Å². The summed E-state index contributed by atoms with van der Waals surface area (Å²) in [5.74, 6) is -0.997. The molecule has 0 aliphatic carbocycles. The van der Waals surface area contributed by atoms with Crippen LogP contribution in [0.2, 0.25) is 5.02 Å². The Morgan fingerprint density at radius 3 is 1.97 bits per heavy atom. The number of hydrogen-bond acceptors (Lipinski definition) is 3. The van der Waals surface area contributed by atoms with Crippen molar-refractivity contribution in [2.45, 2.75) is 18.8 Å². The number of alkyl halides is 6. The number of rotatable bonds is 2. The first-order valence-electron chi connectivity index (χ1n) is 9.84. The molecule has 0 unspecified atom stereocenters. The topological polar surface area (TPSA) is 43.8 Å². The van der Waals surface area contributed by atoms with E-state index in [1.54, 1.807) is 4.90 Å². The van der Waals surface area contributed by atoms with Crippen molar-refractivity contribution in [3.63, 3.8) is 0 Å². The molecule has 3 aromatic rings. The molecular weight excluding hydrogens is 486 g/mol. The molecule has 0 bridgehead atoms. The van der Waals surface area contributed by atoms with Gasteiger partial charge in [-0.15, -0.1) is 0 Å². The van der Waals surface area contributed by atoms with Crippen molar-refractivity contribution in [3.05, 3.63) is 76.8 Å². The minimum Gasteiger partial charge on any atom is -0.508 e. The fourth-order valence-electron chi connectivity index (χ4n) is 3.86. The van der Waals surface area contributed by atoms with E-state index in [1.807, 2.05) is 0 Å². The molecular formula is C23H15ClF6N2O2. The molecule has 0 saturated heterocycles. The third-order valence-corrected chi connectivity index (χ3v) is 5.53. The van der Waals surface area contributed by atoms with Crippen LogP contribution < -0.4 is 9.80 Å². The van der Waals surface area contributed by atoms with Crippen LogP contribution in [-0.4, -0.2) is 17.6 Å². The van der Waals surface area contributed by atoms with Crippen LogP contribution in [0.1, 0.15) is 17.5 Å². The Morgan fingerprint density at radius 2 is 1.41 bits per heavy atom. The quantitative estimate of drug-likeness (QED) is 0.376. The van der Waals surface area contributed by atoms with Crippen molar-refractivity contribution in [1.29, 1.82) is 0 Å². The highest BCUT2D eigenvalue weighted by Gasteiger charge is 2.45. The SMILES string of the molecule is O=C1CCN(c2ccc(O)cc2)c2cc(Cl)ccc2N1c1c(C(F)(F)F)cccc1C(F)(F)F. The Morgan fingerprint density at radius 1 is 0.824 bits per heavy atom. The normalized spacial score (nSPS) is 14.7. The number of halogens is 7. The molecule has 0 aromatic heterocycles. The van der Waals surface area contributed by atoms with Crippen molar-refractivity contribution in [3.8, 4) is 5.75 Å². The number of para-hydroxylation sites is 1. The van der Waals surface area contributed by atoms with Gasteiger partial charge in [0, 0.05) is 23.7 Å². The zero-order valence-corrected chi connectivity index (χ0v) is 17.8. The molecule has 4 nitrogen and oxygen atoms in total. The van der Waals surface area contributed by atoms with Gasteiger partial charge in [-0.2, -0.15) is 26.3 Å². The van der Waals surface area contributed by atoms with Gasteiger partial charge in [-0.05, 0) is 54.6 Å². The summed E-state index contributed by atoms with van der Waals surface area (Å²) in [6.07, 6.45) is -10.7. The number of anilines is 4. The first-order valence-corrected chi connectivity index (χ1v) is 10.2. The van der Waals surface area contributed by atoms with Crippen LogP contribution in [0.5, 0.6) is 5.75 Å². The van der Waals surface area contributed by atoms with E-state index in [9.17, 15) is 36.2 Å². The molecule has 0 radical (unpaired) electrons. The maximum Gasteiger partial charge on any atom is 0.418 e. The highest BCUT2D eigenvalue weighted by atomic mass is 35.5. The standard InChI is InChI=1S/C23H15ClF6N2O2/c24-13-4-9-18-19(12-13)31(14-5-7-15(33)8-6-14)11-10-20(34)32(18)21-16(22(25,26)27)2-1-3-17(21)23(28,29)30/h1-9,12,33H,10-11H2. The number of nitrogens with zero attached hydrogens (tertiary/aromatic N) is 2. The zero-order valence-electron chi connectivity index (χ0n) is 17.1. The first-order chi connectivity index (χ1) is 15.9. The van der Waals surface area contributed by atoms with E-state index in [0.717, 1.165) is 0 Å². The summed E-state index contributed by atoms with van der Waals surface area (Å²) in [6, 6.07) is 11.3. The fourth-order valence-corrected chi connectivity index (χ4v) is 4.03. The predicted molar refractivity (Wildman–Crippen MR) is 115 cm³/mol. The van der Waals surface area contributed by atoms with E-state index in [-0.39, 0.29) is 28.7 Å². The number of hydrogen-bond donors (Lipinski definition) is 1. The average molecular weight is 501 g/mol. The molecule has 0 spiro atoms. The number of phenolic OH excluding ortho intramolecular Hbond substituents is 1. The molecule has 1 aliphatic heterocycles. The van der Waals surface area contributed by atoms with E-state index < -0.39 is 41.5 Å². The number of fused-ring (bicyclic) bond motifs is 1. The molecule has 1 aliphatic rings. The Bertz CT molecular complexity index is 1210. The van der Waals surface area contributed by atoms with Gasteiger partial charge in [0.1, 0.15) is 5.75 Å². The molecule has 0 atom stereocenters. The molecule has 3 aromatic carbocycles. The maximum absolute atomic E-state index is 13.9. The van der Waals surface area contributed by atoms with Gasteiger partial charge >= 0.3 is 12.4 Å². The third-order valence-electron chi connectivity index (χ3n) is 5.30. The van der Waals surface area contributed by atoms with Crippen LogP contribution in [0.4, 0.5) is 49.1 Å². The second kappa shape index (κ2) is 8.43. The van der Waals surface area contributed by atoms with E-state index in [0.29, 0.717) is 28.8 Å². The Kier molecular flexibility index (Phi) is 5.89. The van der Waals surface area contributed by atoms with Crippen LogP contribution >= 0.6 is 11.6 Å². The van der Waals surface area contributed by atoms with Crippen LogP contribution in [0, 0.1) is 0 Å². The highest BCUT2D eigenvalue weighted by molar-refractivity contribution is 6.31. The van der Waals surface area contributed by atoms with E-state index in [2.05, 4.69) is 0 Å². The summed E-state index contributed by atoms with van der Waals surface area (Å²) in [7, 11) is 0. The van der Waals surface area contributed by atoms with Gasteiger partial charge in [0.2, 0.25) is 5.91 Å². The monoisotopic (exact) mass is 500 g/mol. The van der Waals surface area contributed by atoms with Crippen molar-refractivity contribution in [2.75, 3.05) is 16.3 Å². The summed E-state index contributed by atoms with van der Waals surface area (Å²) in [5.41, 5.74) is -4.07. The smallest absolute Gasteiger partial charge is 0.418 e. The number of benzene rings is 3. The summed E-state index contributed by atoms with van der Waals surface area (Å²) in [5, 5.41) is 9.75. The van der Waals surface area contributed by atoms with E-state index in [1.165, 1.54) is 42.5 Å². The van der Waals surface area contributed by atoms with Crippen molar-refractivity contribution in [2.24, 2.45) is 0 Å². The molecule has 34 heavy (non-hydrogen) atoms. The molecule has 178 valence electrons. The number of amides is 1. The Hall–Kier alpha value is -3.40. The average Bonchev–Trinajstić information content (AvgIpc) is 2.88. The predicted octanol–water partition coefficient (Wildman–Crippen LogP) is 7.29. The lowest BCUT2D eigenvalue weighted by Gasteiger charge is -2.30. The molecule has 1 amide bonds. The summed E-state index contributed by atoms with van der Waals surface area (Å²) in [4.78, 5) is 15.2. The van der Waals surface area contributed by atoms with Crippen molar-refractivity contribution < 1.29 is 36.2 Å². The van der Waals surface area contributed by atoms with Gasteiger partial charge in [-0.1, -0.05) is 17.7 Å². The number of carbonyl (C=O) groups excluding carboxylic acids is 1. The molecule has 11 heteroatoms. The van der Waals surface area contributed by atoms with Crippen LogP contribution in [-0.2, 0) is 17.1 Å². The number of phenols is 1. The Balaban J connectivity index is 2.02. The number of carbonyl (C=O) groups is 1. The first kappa shape index (κ1) is 23.7. The minimum absolute atomic E-state index is 0.0449. The highest BCUT2D eigenvalue weighted by Crippen LogP contribution is 2.50. The summed E-state index contributed by atoms with van der Waals surface area (Å²) < 4.78 is 83.2. The second-order valence-electron chi connectivity index (χ2n) is 7.48. The second-order valence-corrected chi connectivity index (χ2v) is 7.91. The van der Waals surface area contributed by atoms with Crippen LogP contribution in [0.25, 0.3) is 0 Å². The van der Waals surface area contributed by atoms with Crippen LogP contribution in [0.15, 0.2) is 60.7 Å². The fraction of sp³-hybridized carbons (Fsp3) is 0.174. The zero-order chi connectivity index (χ0) is 24.8. The lowest BCUT2D eigenvalue weighted by Crippen LogP contribution is -2.30. The lowest BCUT2D eigenvalue weighted by atomic mass is 10.0. The summed E-state index contributed by atoms with van der Waals surface area (Å²) in [6.45, 7) is -0.0526. The van der Waals surface area contributed by atoms with Gasteiger partial charge < -0.3 is 10.0 Å². The van der Waals surface area contributed by atoms with Crippen molar-refractivity contribution >= 4 is 40.3 Å². The molecule has 4 rings (SSSR count). The largest absolute Gasteiger partial charge is 0.508 e. The van der Waals surface area contributed by atoms with Gasteiger partial charge in [-0.3, -0.25) is 9.69 Å². The van der Waals surface area contributed by atoms with Gasteiger partial charge in [0.05, 0.1) is 28.2 Å². The summed E-state index contributed by atoms with van der Waals surface area (Å²) >= 11 is 6.12. The minimum atomic E-state index is -5.16. The van der Waals surface area contributed by atoms with Gasteiger partial charge in [0.25, 0.3) is 0 Å². The van der Waals surface area contributed by atoms with E-state index in [4.69, 9.17) is 11.6 Å². The molecule has 1 heterocycles. The van der Waals surface area contributed by atoms with Gasteiger partial charge in [-0.25, -0.2) is 0 Å². The third kappa shape index (κ3) is 4.37. The molecule has 1 N–H and O–H groups in total. The molecule has 0 saturated carbocycles. The van der Waals surface area contributed by atoms with E-state index >= 15 is 0 Å². The molecule has 0 fully saturated rings. The van der Waals surface area contributed by atoms with Gasteiger partial charge in [0.15, 0.2) is 0 Å². The van der Waals surface area contributed by atoms with Crippen molar-refractivity contribution in [1.82, 2.24) is 0 Å².